The van der Waals surface area contributed by atoms with Gasteiger partial charge in [-0.15, -0.1) is 0 Å². The third-order valence-electron chi connectivity index (χ3n) is 6.20. The van der Waals surface area contributed by atoms with Crippen molar-refractivity contribution in [3.05, 3.63) is 137 Å². The zero-order valence-electron chi connectivity index (χ0n) is 20.3. The Hall–Kier alpha value is -5.32. The second-order valence-corrected chi connectivity index (χ2v) is 8.46. The van der Waals surface area contributed by atoms with Gasteiger partial charge in [-0.05, 0) is 76.5 Å². The molecule has 5 rings (SSSR count). The van der Waals surface area contributed by atoms with Crippen molar-refractivity contribution < 1.29 is 4.74 Å². The Labute approximate surface area is 216 Å². The molecule has 0 unspecified atom stereocenters. The van der Waals surface area contributed by atoms with Crippen LogP contribution in [0, 0.1) is 17.9 Å². The molecule has 0 heterocycles. The molecule has 176 valence electrons. The van der Waals surface area contributed by atoms with Crippen LogP contribution < -0.4 is 9.64 Å². The first-order valence-electron chi connectivity index (χ1n) is 11.8. The lowest BCUT2D eigenvalue weighted by Crippen LogP contribution is -2.09. The summed E-state index contributed by atoms with van der Waals surface area (Å²) in [6.45, 7) is 7.47. The molecule has 5 aromatic carbocycles. The minimum absolute atomic E-state index is 0.549. The van der Waals surface area contributed by atoms with Gasteiger partial charge in [0.1, 0.15) is 5.75 Å². The summed E-state index contributed by atoms with van der Waals surface area (Å²) in [6.07, 6.45) is 4.00. The van der Waals surface area contributed by atoms with Crippen molar-refractivity contribution in [2.45, 2.75) is 0 Å². The molecular weight excluding hydrogens is 454 g/mol. The highest BCUT2D eigenvalue weighted by molar-refractivity contribution is 5.99. The fourth-order valence-corrected chi connectivity index (χ4v) is 4.36. The van der Waals surface area contributed by atoms with Crippen LogP contribution in [0.4, 0.5) is 22.7 Å². The molecule has 0 spiro atoms. The van der Waals surface area contributed by atoms with Crippen LogP contribution in [0.5, 0.6) is 5.75 Å². The summed E-state index contributed by atoms with van der Waals surface area (Å²) in [5, 5.41) is 11.2. The van der Waals surface area contributed by atoms with Gasteiger partial charge >= 0.3 is 0 Å². The monoisotopic (exact) mass is 477 g/mol. The van der Waals surface area contributed by atoms with Crippen molar-refractivity contribution in [1.29, 1.82) is 5.26 Å². The van der Waals surface area contributed by atoms with Gasteiger partial charge in [-0.1, -0.05) is 66.7 Å². The summed E-state index contributed by atoms with van der Waals surface area (Å²) in [5.74, 6) is 0.814. The Morgan fingerprint density at radius 3 is 2.03 bits per heavy atom. The Bertz CT molecular complexity index is 1660. The van der Waals surface area contributed by atoms with Gasteiger partial charge in [0.05, 0.1) is 25.3 Å². The van der Waals surface area contributed by atoms with Gasteiger partial charge in [0.25, 0.3) is 0 Å². The summed E-state index contributed by atoms with van der Waals surface area (Å²) in [6, 6.07) is 38.2. The average molecular weight is 478 g/mol. The number of methoxy groups -OCH3 is 1. The van der Waals surface area contributed by atoms with Gasteiger partial charge < -0.3 is 9.64 Å². The molecule has 0 atom stereocenters. The maximum atomic E-state index is 9.65. The van der Waals surface area contributed by atoms with Crippen LogP contribution in [0.15, 0.2) is 109 Å². The number of nitriles is 1. The highest BCUT2D eigenvalue weighted by Gasteiger charge is 2.12. The Balaban J connectivity index is 1.47. The van der Waals surface area contributed by atoms with E-state index in [0.717, 1.165) is 44.7 Å². The predicted molar refractivity (Wildman–Crippen MR) is 152 cm³/mol. The van der Waals surface area contributed by atoms with E-state index in [1.807, 2.05) is 78.9 Å². The lowest BCUT2D eigenvalue weighted by Gasteiger charge is -2.25. The lowest BCUT2D eigenvalue weighted by molar-refractivity contribution is 0.415. The maximum absolute atomic E-state index is 9.65. The second-order valence-electron chi connectivity index (χ2n) is 8.46. The van der Waals surface area contributed by atoms with Crippen LogP contribution in [-0.4, -0.2) is 7.11 Å². The average Bonchev–Trinajstić information content (AvgIpc) is 2.97. The summed E-state index contributed by atoms with van der Waals surface area (Å²) < 4.78 is 5.33. The highest BCUT2D eigenvalue weighted by atomic mass is 16.5. The van der Waals surface area contributed by atoms with E-state index in [4.69, 9.17) is 11.3 Å². The number of benzene rings is 5. The van der Waals surface area contributed by atoms with E-state index in [1.165, 1.54) is 0 Å². The standard InChI is InChI=1S/C33H23N3O/c1-35-33-10-6-9-31-26(23-34)21-25(22-32(31)33)12-11-24-13-15-28(16-14-24)36(27-7-4-3-5-8-27)29-17-19-30(37-2)20-18-29/h3-22H,2H3/b12-11-. The van der Waals surface area contributed by atoms with Gasteiger partial charge in [0.15, 0.2) is 5.69 Å². The molecule has 5 aromatic rings. The molecule has 0 amide bonds. The molecular formula is C33H23N3O. The Kier molecular flexibility index (Phi) is 6.66. The molecule has 4 nitrogen and oxygen atoms in total. The number of ether oxygens (including phenoxy) is 1. The minimum atomic E-state index is 0.549. The van der Waals surface area contributed by atoms with Crippen LogP contribution in [0.25, 0.3) is 27.8 Å². The number of fused-ring (bicyclic) bond motifs is 1. The van der Waals surface area contributed by atoms with Crippen molar-refractivity contribution in [3.63, 3.8) is 0 Å². The van der Waals surface area contributed by atoms with Crippen molar-refractivity contribution in [1.82, 2.24) is 0 Å². The van der Waals surface area contributed by atoms with Crippen molar-refractivity contribution in [2.75, 3.05) is 12.0 Å². The number of hydrogen-bond donors (Lipinski definition) is 0. The topological polar surface area (TPSA) is 40.6 Å². The highest BCUT2D eigenvalue weighted by Crippen LogP contribution is 2.35. The van der Waals surface area contributed by atoms with E-state index in [9.17, 15) is 5.26 Å². The minimum Gasteiger partial charge on any atom is -0.497 e. The molecule has 0 aliphatic rings. The van der Waals surface area contributed by atoms with E-state index in [2.05, 4.69) is 52.2 Å². The Morgan fingerprint density at radius 2 is 1.38 bits per heavy atom. The first-order chi connectivity index (χ1) is 18.2. The van der Waals surface area contributed by atoms with Crippen molar-refractivity contribution in [3.8, 4) is 11.8 Å². The molecule has 0 saturated heterocycles. The molecule has 0 aromatic heterocycles. The van der Waals surface area contributed by atoms with E-state index >= 15 is 0 Å². The van der Waals surface area contributed by atoms with Gasteiger partial charge in [0, 0.05) is 17.1 Å². The summed E-state index contributed by atoms with van der Waals surface area (Å²) in [5.41, 5.74) is 6.16. The first-order valence-corrected chi connectivity index (χ1v) is 11.8. The van der Waals surface area contributed by atoms with Crippen molar-refractivity contribution >= 4 is 45.7 Å². The van der Waals surface area contributed by atoms with Crippen LogP contribution >= 0.6 is 0 Å². The molecule has 0 aliphatic heterocycles. The smallest absolute Gasteiger partial charge is 0.194 e. The van der Waals surface area contributed by atoms with Gasteiger partial charge in [-0.2, -0.15) is 5.26 Å². The van der Waals surface area contributed by atoms with Crippen LogP contribution in [-0.2, 0) is 0 Å². The van der Waals surface area contributed by atoms with E-state index in [0.29, 0.717) is 11.3 Å². The molecule has 0 bridgehead atoms. The number of rotatable bonds is 6. The molecule has 0 radical (unpaired) electrons. The third-order valence-corrected chi connectivity index (χ3v) is 6.20. The van der Waals surface area contributed by atoms with Crippen LogP contribution in [0.1, 0.15) is 16.7 Å². The molecule has 0 N–H and O–H groups in total. The zero-order valence-corrected chi connectivity index (χ0v) is 20.3. The second kappa shape index (κ2) is 10.5. The largest absolute Gasteiger partial charge is 0.497 e. The van der Waals surface area contributed by atoms with Gasteiger partial charge in [0.2, 0.25) is 0 Å². The van der Waals surface area contributed by atoms with Crippen LogP contribution in [0.2, 0.25) is 0 Å². The molecule has 0 saturated carbocycles. The Morgan fingerprint density at radius 1 is 0.730 bits per heavy atom. The van der Waals surface area contributed by atoms with Crippen LogP contribution in [0.3, 0.4) is 0 Å². The molecule has 0 fully saturated rings. The predicted octanol–water partition coefficient (Wildman–Crippen LogP) is 8.91. The fourth-order valence-electron chi connectivity index (χ4n) is 4.36. The molecule has 4 heteroatoms. The van der Waals surface area contributed by atoms with Gasteiger partial charge in [-0.3, -0.25) is 0 Å². The third kappa shape index (κ3) is 4.91. The lowest BCUT2D eigenvalue weighted by atomic mass is 9.99. The first kappa shape index (κ1) is 23.4. The summed E-state index contributed by atoms with van der Waals surface area (Å²) in [4.78, 5) is 5.82. The summed E-state index contributed by atoms with van der Waals surface area (Å²) >= 11 is 0. The molecule has 0 aliphatic carbocycles. The van der Waals surface area contributed by atoms with E-state index in [1.54, 1.807) is 13.2 Å². The number of nitrogens with zero attached hydrogens (tertiary/aromatic N) is 3. The zero-order chi connectivity index (χ0) is 25.6. The maximum Gasteiger partial charge on any atom is 0.194 e. The molecule has 37 heavy (non-hydrogen) atoms. The normalized spacial score (nSPS) is 10.7. The van der Waals surface area contributed by atoms with Gasteiger partial charge in [-0.25, -0.2) is 4.85 Å². The van der Waals surface area contributed by atoms with Crippen molar-refractivity contribution in [2.24, 2.45) is 0 Å². The fraction of sp³-hybridized carbons (Fsp3) is 0.0303. The number of hydrogen-bond acceptors (Lipinski definition) is 3. The van der Waals surface area contributed by atoms with E-state index < -0.39 is 0 Å². The SMILES string of the molecule is [C-]#[N+]c1cccc2c(C#N)cc(/C=C\c3ccc(N(c4ccccc4)c4ccc(OC)cc4)cc3)cc12. The van der Waals surface area contributed by atoms with E-state index in [-0.39, 0.29) is 0 Å². The number of anilines is 3. The number of para-hydroxylation sites is 1. The quantitative estimate of drug-likeness (QED) is 0.181. The summed E-state index contributed by atoms with van der Waals surface area (Å²) in [7, 11) is 1.67.